The van der Waals surface area contributed by atoms with Gasteiger partial charge in [0, 0.05) is 19.3 Å². The number of nitrogens with one attached hydrogen (secondary N) is 1. The zero-order valence-corrected chi connectivity index (χ0v) is 9.84. The van der Waals surface area contributed by atoms with Crippen molar-refractivity contribution in [3.05, 3.63) is 42.2 Å². The normalized spacial score (nSPS) is 10.4. The van der Waals surface area contributed by atoms with Gasteiger partial charge in [0.15, 0.2) is 0 Å². The molecular weight excluding hydrogens is 216 g/mol. The topological polar surface area (TPSA) is 52.0 Å². The molecular formula is C12H16N4O. The summed E-state index contributed by atoms with van der Waals surface area (Å²) in [4.78, 5) is 0. The van der Waals surface area contributed by atoms with E-state index in [4.69, 9.17) is 4.74 Å². The fourth-order valence-electron chi connectivity index (χ4n) is 1.52. The fraction of sp³-hybridized carbons (Fsp3) is 0.333. The Morgan fingerprint density at radius 2 is 2.12 bits per heavy atom. The summed E-state index contributed by atoms with van der Waals surface area (Å²) in [6, 6.07) is 8.05. The van der Waals surface area contributed by atoms with Gasteiger partial charge in [0.25, 0.3) is 0 Å². The van der Waals surface area contributed by atoms with E-state index < -0.39 is 0 Å². The molecule has 0 saturated heterocycles. The second-order valence-electron chi connectivity index (χ2n) is 3.69. The molecule has 2 rings (SSSR count). The lowest BCUT2D eigenvalue weighted by atomic mass is 10.2. The zero-order valence-electron chi connectivity index (χ0n) is 9.84. The fourth-order valence-corrected chi connectivity index (χ4v) is 1.52. The number of ether oxygens (including phenoxy) is 1. The van der Waals surface area contributed by atoms with Crippen molar-refractivity contribution in [2.75, 3.05) is 13.7 Å². The van der Waals surface area contributed by atoms with E-state index in [1.54, 1.807) is 18.0 Å². The molecule has 1 aromatic carbocycles. The minimum Gasteiger partial charge on any atom is -0.497 e. The molecule has 0 aliphatic carbocycles. The number of hydrogen-bond acceptors (Lipinski definition) is 4. The number of nitrogens with zero attached hydrogens (tertiary/aromatic N) is 3. The molecule has 0 fully saturated rings. The molecule has 0 aliphatic rings. The number of rotatable bonds is 6. The average molecular weight is 232 g/mol. The molecule has 0 amide bonds. The first-order chi connectivity index (χ1) is 8.38. The van der Waals surface area contributed by atoms with Crippen LogP contribution < -0.4 is 10.1 Å². The highest BCUT2D eigenvalue weighted by Crippen LogP contribution is 2.10. The Morgan fingerprint density at radius 3 is 2.76 bits per heavy atom. The van der Waals surface area contributed by atoms with Crippen molar-refractivity contribution in [3.8, 4) is 5.75 Å². The number of methoxy groups -OCH3 is 1. The van der Waals surface area contributed by atoms with Crippen LogP contribution in [0.5, 0.6) is 5.75 Å². The van der Waals surface area contributed by atoms with Crippen LogP contribution >= 0.6 is 0 Å². The van der Waals surface area contributed by atoms with Crippen LogP contribution in [0.2, 0.25) is 0 Å². The Balaban J connectivity index is 1.70. The van der Waals surface area contributed by atoms with Gasteiger partial charge in [-0.15, -0.1) is 5.10 Å². The van der Waals surface area contributed by atoms with Gasteiger partial charge in [-0.1, -0.05) is 17.3 Å². The van der Waals surface area contributed by atoms with Gasteiger partial charge in [0.05, 0.1) is 19.9 Å². The minimum absolute atomic E-state index is 0.830. The standard InChI is InChI=1S/C12H16N4O/c1-17-12-4-2-11(3-5-12)10-13-6-8-16-9-7-14-15-16/h2-5,7,9,13H,6,8,10H2,1H3. The van der Waals surface area contributed by atoms with Crippen LogP contribution in [0.15, 0.2) is 36.7 Å². The third kappa shape index (κ3) is 3.57. The van der Waals surface area contributed by atoms with Crippen molar-refractivity contribution in [3.63, 3.8) is 0 Å². The second-order valence-corrected chi connectivity index (χ2v) is 3.69. The first-order valence-corrected chi connectivity index (χ1v) is 5.56. The molecule has 1 N–H and O–H groups in total. The molecule has 0 atom stereocenters. The summed E-state index contributed by atoms with van der Waals surface area (Å²) in [5, 5.41) is 11.0. The van der Waals surface area contributed by atoms with Crippen LogP contribution in [0.4, 0.5) is 0 Å². The van der Waals surface area contributed by atoms with Crippen molar-refractivity contribution < 1.29 is 4.74 Å². The monoisotopic (exact) mass is 232 g/mol. The molecule has 1 aromatic heterocycles. The van der Waals surface area contributed by atoms with Gasteiger partial charge in [-0.25, -0.2) is 0 Å². The predicted octanol–water partition coefficient (Wildman–Crippen LogP) is 1.08. The molecule has 5 heteroatoms. The summed E-state index contributed by atoms with van der Waals surface area (Å²) >= 11 is 0. The van der Waals surface area contributed by atoms with Gasteiger partial charge >= 0.3 is 0 Å². The highest BCUT2D eigenvalue weighted by molar-refractivity contribution is 5.26. The molecule has 0 unspecified atom stereocenters. The van der Waals surface area contributed by atoms with Crippen molar-refractivity contribution in [2.24, 2.45) is 0 Å². The van der Waals surface area contributed by atoms with E-state index in [2.05, 4.69) is 27.8 Å². The van der Waals surface area contributed by atoms with Gasteiger partial charge < -0.3 is 10.1 Å². The van der Waals surface area contributed by atoms with E-state index in [9.17, 15) is 0 Å². The predicted molar refractivity (Wildman–Crippen MR) is 64.7 cm³/mol. The van der Waals surface area contributed by atoms with Crippen molar-refractivity contribution in [1.82, 2.24) is 20.3 Å². The highest BCUT2D eigenvalue weighted by atomic mass is 16.5. The quantitative estimate of drug-likeness (QED) is 0.757. The van der Waals surface area contributed by atoms with Crippen molar-refractivity contribution >= 4 is 0 Å². The number of benzene rings is 1. The van der Waals surface area contributed by atoms with Crippen LogP contribution in [0.1, 0.15) is 5.56 Å². The zero-order chi connectivity index (χ0) is 11.9. The van der Waals surface area contributed by atoms with E-state index in [0.717, 1.165) is 25.4 Å². The van der Waals surface area contributed by atoms with Crippen LogP contribution in [-0.4, -0.2) is 28.6 Å². The molecule has 0 spiro atoms. The third-order valence-electron chi connectivity index (χ3n) is 2.48. The molecule has 0 bridgehead atoms. The summed E-state index contributed by atoms with van der Waals surface area (Å²) in [7, 11) is 1.67. The molecule has 0 aliphatic heterocycles. The Labute approximate surface area is 100 Å². The van der Waals surface area contributed by atoms with E-state index >= 15 is 0 Å². The first kappa shape index (κ1) is 11.6. The maximum absolute atomic E-state index is 5.10. The smallest absolute Gasteiger partial charge is 0.118 e. The molecule has 90 valence electrons. The largest absolute Gasteiger partial charge is 0.497 e. The average Bonchev–Trinajstić information content (AvgIpc) is 2.88. The summed E-state index contributed by atoms with van der Waals surface area (Å²) in [6.07, 6.45) is 3.54. The lowest BCUT2D eigenvalue weighted by molar-refractivity contribution is 0.414. The third-order valence-corrected chi connectivity index (χ3v) is 2.48. The summed E-state index contributed by atoms with van der Waals surface area (Å²) in [5.41, 5.74) is 1.24. The van der Waals surface area contributed by atoms with Crippen molar-refractivity contribution in [1.29, 1.82) is 0 Å². The van der Waals surface area contributed by atoms with E-state index in [1.165, 1.54) is 5.56 Å². The molecule has 5 nitrogen and oxygen atoms in total. The number of hydrogen-bond donors (Lipinski definition) is 1. The maximum atomic E-state index is 5.10. The van der Waals surface area contributed by atoms with Gasteiger partial charge in [-0.3, -0.25) is 4.68 Å². The molecule has 0 saturated carbocycles. The summed E-state index contributed by atoms with van der Waals surface area (Å²) in [6.45, 7) is 2.55. The number of aromatic nitrogens is 3. The van der Waals surface area contributed by atoms with Crippen LogP contribution in [0.3, 0.4) is 0 Å². The lowest BCUT2D eigenvalue weighted by Crippen LogP contribution is -2.19. The molecule has 0 radical (unpaired) electrons. The SMILES string of the molecule is COc1ccc(CNCCn2ccnn2)cc1. The van der Waals surface area contributed by atoms with Crippen molar-refractivity contribution in [2.45, 2.75) is 13.1 Å². The van der Waals surface area contributed by atoms with Crippen LogP contribution in [-0.2, 0) is 13.1 Å². The minimum atomic E-state index is 0.830. The van der Waals surface area contributed by atoms with Crippen LogP contribution in [0, 0.1) is 0 Å². The molecule has 1 heterocycles. The first-order valence-electron chi connectivity index (χ1n) is 5.56. The van der Waals surface area contributed by atoms with E-state index in [1.807, 2.05) is 18.3 Å². The Morgan fingerprint density at radius 1 is 1.29 bits per heavy atom. The van der Waals surface area contributed by atoms with E-state index in [0.29, 0.717) is 0 Å². The second kappa shape index (κ2) is 6.00. The highest BCUT2D eigenvalue weighted by Gasteiger charge is 1.95. The Bertz CT molecular complexity index is 424. The maximum Gasteiger partial charge on any atom is 0.118 e. The van der Waals surface area contributed by atoms with Crippen LogP contribution in [0.25, 0.3) is 0 Å². The van der Waals surface area contributed by atoms with Gasteiger partial charge in [-0.2, -0.15) is 0 Å². The summed E-state index contributed by atoms with van der Waals surface area (Å²) < 4.78 is 6.91. The Kier molecular flexibility index (Phi) is 4.10. The lowest BCUT2D eigenvalue weighted by Gasteiger charge is -2.05. The van der Waals surface area contributed by atoms with Gasteiger partial charge in [0.2, 0.25) is 0 Å². The van der Waals surface area contributed by atoms with E-state index in [-0.39, 0.29) is 0 Å². The van der Waals surface area contributed by atoms with Gasteiger partial charge in [0.1, 0.15) is 5.75 Å². The molecule has 17 heavy (non-hydrogen) atoms. The Hall–Kier alpha value is -1.88. The summed E-state index contributed by atoms with van der Waals surface area (Å²) in [5.74, 6) is 0.886. The van der Waals surface area contributed by atoms with Gasteiger partial charge in [-0.05, 0) is 17.7 Å². The molecule has 2 aromatic rings.